The smallest absolute Gasteiger partial charge is 0.171 e. The van der Waals surface area contributed by atoms with Crippen molar-refractivity contribution in [3.05, 3.63) is 82.4 Å². The van der Waals surface area contributed by atoms with Crippen LogP contribution in [0.15, 0.2) is 53.6 Å². The number of ether oxygens (including phenoxy) is 1. The molecule has 0 saturated carbocycles. The number of benzene rings is 2. The zero-order valence-corrected chi connectivity index (χ0v) is 21.0. The topological polar surface area (TPSA) is 51.9 Å². The lowest BCUT2D eigenvalue weighted by molar-refractivity contribution is 0.0642. The third kappa shape index (κ3) is 4.59. The van der Waals surface area contributed by atoms with Crippen molar-refractivity contribution in [2.24, 2.45) is 5.16 Å². The molecule has 0 spiro atoms. The zero-order valence-electron chi connectivity index (χ0n) is 21.0. The van der Waals surface area contributed by atoms with Gasteiger partial charge in [0.15, 0.2) is 17.5 Å². The van der Waals surface area contributed by atoms with Crippen molar-refractivity contribution in [2.45, 2.75) is 52.2 Å². The molecule has 2 aliphatic rings. The summed E-state index contributed by atoms with van der Waals surface area (Å²) in [6.07, 6.45) is 8.03. The molecule has 2 aromatic carbocycles. The number of halogens is 2. The Bertz CT molecular complexity index is 1320. The van der Waals surface area contributed by atoms with E-state index in [4.69, 9.17) is 9.57 Å². The second-order valence-corrected chi connectivity index (χ2v) is 9.54. The zero-order chi connectivity index (χ0) is 25.4. The minimum Gasteiger partial charge on any atom is -0.495 e. The average Bonchev–Trinajstić information content (AvgIpc) is 3.22. The van der Waals surface area contributed by atoms with Crippen molar-refractivity contribution in [1.82, 2.24) is 14.5 Å². The van der Waals surface area contributed by atoms with Gasteiger partial charge in [0.2, 0.25) is 0 Å². The molecular formula is C28H30F2N4O2. The quantitative estimate of drug-likeness (QED) is 0.440. The summed E-state index contributed by atoms with van der Waals surface area (Å²) in [5, 5.41) is 4.52. The first-order valence-corrected chi connectivity index (χ1v) is 12.2. The molecule has 5 rings (SSSR count). The van der Waals surface area contributed by atoms with Gasteiger partial charge in [0.05, 0.1) is 30.9 Å². The van der Waals surface area contributed by atoms with Crippen LogP contribution in [-0.2, 0) is 4.84 Å². The maximum absolute atomic E-state index is 14.3. The lowest BCUT2D eigenvalue weighted by Gasteiger charge is -2.37. The number of fused-ring (bicyclic) bond motifs is 1. The number of hydrogen-bond acceptors (Lipinski definition) is 5. The number of methoxy groups -OCH3 is 1. The average molecular weight is 493 g/mol. The fourth-order valence-electron chi connectivity index (χ4n) is 5.03. The van der Waals surface area contributed by atoms with E-state index in [2.05, 4.69) is 21.1 Å². The summed E-state index contributed by atoms with van der Waals surface area (Å²) in [6, 6.07) is 8.91. The standard InChI is InChI=1S/C28H30F2N4O2/c1-17-10-22(14-23(29)27(17)30)25-11-19(3)36-32-28-21(6-5-9-34(25)28)12-20-7-8-24(26(13-20)35-4)33-15-18(2)31-16-33/h7-8,10,12-16,19,25H,5-6,9,11H2,1-4H3/b21-12+/t19?,25-/m1/s1. The van der Waals surface area contributed by atoms with E-state index in [1.54, 1.807) is 26.4 Å². The summed E-state index contributed by atoms with van der Waals surface area (Å²) in [5.74, 6) is -0.147. The molecular weight excluding hydrogens is 462 g/mol. The highest BCUT2D eigenvalue weighted by atomic mass is 19.2. The SMILES string of the molecule is COc1cc(/C=C2\CCCN3C2=NOC(C)C[C@@H]3c2cc(C)c(F)c(F)c2)ccc1-n1cnc(C)c1. The van der Waals surface area contributed by atoms with Crippen LogP contribution >= 0.6 is 0 Å². The van der Waals surface area contributed by atoms with Crippen LogP contribution in [0.25, 0.3) is 11.8 Å². The molecule has 0 radical (unpaired) electrons. The second kappa shape index (κ2) is 9.76. The lowest BCUT2D eigenvalue weighted by Crippen LogP contribution is -2.39. The Morgan fingerprint density at radius 2 is 2.00 bits per heavy atom. The van der Waals surface area contributed by atoms with Gasteiger partial charge in [-0.1, -0.05) is 17.3 Å². The number of aryl methyl sites for hydroxylation is 2. The molecule has 2 aliphatic heterocycles. The predicted octanol–water partition coefficient (Wildman–Crippen LogP) is 6.12. The first kappa shape index (κ1) is 24.0. The highest BCUT2D eigenvalue weighted by molar-refractivity contribution is 6.02. The summed E-state index contributed by atoms with van der Waals surface area (Å²) >= 11 is 0. The third-order valence-corrected chi connectivity index (χ3v) is 6.81. The maximum Gasteiger partial charge on any atom is 0.171 e. The second-order valence-electron chi connectivity index (χ2n) is 9.54. The molecule has 8 heteroatoms. The van der Waals surface area contributed by atoms with Gasteiger partial charge >= 0.3 is 0 Å². The molecule has 1 unspecified atom stereocenters. The lowest BCUT2D eigenvalue weighted by atomic mass is 9.93. The van der Waals surface area contributed by atoms with E-state index in [1.807, 2.05) is 42.8 Å². The van der Waals surface area contributed by atoms with Crippen molar-refractivity contribution in [3.8, 4) is 11.4 Å². The van der Waals surface area contributed by atoms with E-state index in [9.17, 15) is 8.78 Å². The van der Waals surface area contributed by atoms with Gasteiger partial charge in [-0.15, -0.1) is 0 Å². The minimum atomic E-state index is -0.825. The fourth-order valence-corrected chi connectivity index (χ4v) is 5.03. The van der Waals surface area contributed by atoms with E-state index < -0.39 is 11.6 Å². The fraction of sp³-hybridized carbons (Fsp3) is 0.357. The molecule has 1 aromatic heterocycles. The Labute approximate surface area is 209 Å². The molecule has 1 fully saturated rings. The molecule has 3 aromatic rings. The van der Waals surface area contributed by atoms with E-state index in [0.717, 1.165) is 59.1 Å². The molecule has 36 heavy (non-hydrogen) atoms. The number of oxime groups is 1. The van der Waals surface area contributed by atoms with Gasteiger partial charge in [-0.25, -0.2) is 13.8 Å². The highest BCUT2D eigenvalue weighted by Crippen LogP contribution is 2.37. The normalized spacial score (nSPS) is 21.0. The number of amidine groups is 1. The first-order valence-electron chi connectivity index (χ1n) is 12.2. The Morgan fingerprint density at radius 3 is 2.72 bits per heavy atom. The van der Waals surface area contributed by atoms with Crippen molar-refractivity contribution in [1.29, 1.82) is 0 Å². The van der Waals surface area contributed by atoms with Crippen LogP contribution in [0.1, 0.15) is 54.6 Å². The van der Waals surface area contributed by atoms with E-state index >= 15 is 0 Å². The van der Waals surface area contributed by atoms with Gasteiger partial charge in [0.25, 0.3) is 0 Å². The minimum absolute atomic E-state index is 0.166. The Kier molecular flexibility index (Phi) is 6.51. The van der Waals surface area contributed by atoms with Crippen molar-refractivity contribution < 1.29 is 18.4 Å². The number of imidazole rings is 1. The van der Waals surface area contributed by atoms with Crippen LogP contribution in [-0.4, -0.2) is 40.0 Å². The molecule has 0 aliphatic carbocycles. The van der Waals surface area contributed by atoms with Crippen LogP contribution < -0.4 is 4.74 Å². The van der Waals surface area contributed by atoms with Crippen molar-refractivity contribution >= 4 is 11.9 Å². The van der Waals surface area contributed by atoms with Gasteiger partial charge < -0.3 is 19.0 Å². The summed E-state index contributed by atoms with van der Waals surface area (Å²) in [6.45, 7) is 6.25. The first-order chi connectivity index (χ1) is 17.3. The van der Waals surface area contributed by atoms with E-state index in [-0.39, 0.29) is 12.1 Å². The van der Waals surface area contributed by atoms with Crippen LogP contribution in [0.3, 0.4) is 0 Å². The number of hydrogen-bond donors (Lipinski definition) is 0. The van der Waals surface area contributed by atoms with Crippen LogP contribution in [0.5, 0.6) is 5.75 Å². The third-order valence-electron chi connectivity index (χ3n) is 6.81. The summed E-state index contributed by atoms with van der Waals surface area (Å²) < 4.78 is 36.0. The van der Waals surface area contributed by atoms with E-state index in [0.29, 0.717) is 12.0 Å². The van der Waals surface area contributed by atoms with Gasteiger partial charge in [-0.05, 0) is 80.2 Å². The van der Waals surface area contributed by atoms with Gasteiger partial charge in [-0.2, -0.15) is 0 Å². The van der Waals surface area contributed by atoms with E-state index in [1.165, 1.54) is 6.07 Å². The van der Waals surface area contributed by atoms with Crippen molar-refractivity contribution in [2.75, 3.05) is 13.7 Å². The molecule has 0 amide bonds. The molecule has 6 nitrogen and oxygen atoms in total. The Morgan fingerprint density at radius 1 is 1.17 bits per heavy atom. The molecule has 0 N–H and O–H groups in total. The van der Waals surface area contributed by atoms with Crippen molar-refractivity contribution in [3.63, 3.8) is 0 Å². The molecule has 1 saturated heterocycles. The Balaban J connectivity index is 1.51. The van der Waals surface area contributed by atoms with Gasteiger partial charge in [-0.3, -0.25) is 0 Å². The number of piperidine rings is 1. The summed E-state index contributed by atoms with van der Waals surface area (Å²) in [7, 11) is 1.65. The molecule has 0 bridgehead atoms. The monoisotopic (exact) mass is 492 g/mol. The van der Waals surface area contributed by atoms with Gasteiger partial charge in [0, 0.05) is 19.2 Å². The molecule has 2 atom stereocenters. The number of rotatable bonds is 4. The summed E-state index contributed by atoms with van der Waals surface area (Å²) in [5.41, 5.74) is 4.88. The Hall–Kier alpha value is -3.68. The predicted molar refractivity (Wildman–Crippen MR) is 135 cm³/mol. The largest absolute Gasteiger partial charge is 0.495 e. The number of aromatic nitrogens is 2. The molecule has 188 valence electrons. The highest BCUT2D eigenvalue weighted by Gasteiger charge is 2.34. The molecule has 3 heterocycles. The number of nitrogens with zero attached hydrogens (tertiary/aromatic N) is 4. The van der Waals surface area contributed by atoms with Crippen LogP contribution in [0.4, 0.5) is 8.78 Å². The summed E-state index contributed by atoms with van der Waals surface area (Å²) in [4.78, 5) is 12.3. The van der Waals surface area contributed by atoms with Gasteiger partial charge in [0.1, 0.15) is 11.9 Å². The van der Waals surface area contributed by atoms with Crippen LogP contribution in [0, 0.1) is 25.5 Å². The van der Waals surface area contributed by atoms with Crippen LogP contribution in [0.2, 0.25) is 0 Å². The maximum atomic E-state index is 14.3.